The van der Waals surface area contributed by atoms with Crippen molar-refractivity contribution >= 4 is 17.6 Å². The van der Waals surface area contributed by atoms with Crippen LogP contribution in [0.5, 0.6) is 0 Å². The minimum Gasteiger partial charge on any atom is -0.465 e. The Labute approximate surface area is 155 Å². The summed E-state index contributed by atoms with van der Waals surface area (Å²) in [5.74, 6) is -1.57. The molecule has 0 aliphatic heterocycles. The molecule has 1 aliphatic carbocycles. The first-order chi connectivity index (χ1) is 12.8. The molecule has 0 atom stereocenters. The number of carbonyl (C=O) groups is 2. The number of nitrogens with zero attached hydrogens (tertiary/aromatic N) is 4. The first-order valence-corrected chi connectivity index (χ1v) is 8.41. The number of nitriles is 1. The number of methoxy groups -OCH3 is 1. The van der Waals surface area contributed by atoms with Crippen molar-refractivity contribution in [2.75, 3.05) is 14.2 Å². The lowest BCUT2D eigenvalue weighted by Crippen LogP contribution is -2.51. The van der Waals surface area contributed by atoms with Crippen LogP contribution in [0.1, 0.15) is 42.5 Å². The van der Waals surface area contributed by atoms with Gasteiger partial charge in [0.25, 0.3) is 11.2 Å². The van der Waals surface area contributed by atoms with E-state index in [9.17, 15) is 29.8 Å². The summed E-state index contributed by atoms with van der Waals surface area (Å²) in [5, 5.41) is 20.7. The fourth-order valence-electron chi connectivity index (χ4n) is 3.24. The van der Waals surface area contributed by atoms with E-state index < -0.39 is 45.7 Å². The van der Waals surface area contributed by atoms with Gasteiger partial charge in [0, 0.05) is 13.1 Å². The predicted octanol–water partition coefficient (Wildman–Crippen LogP) is 1.23. The van der Waals surface area contributed by atoms with Crippen molar-refractivity contribution in [3.63, 3.8) is 0 Å². The number of likely N-dealkylation sites (N-methyl/N-ethyl adjacent to an activating group) is 1. The standard InChI is InChI=1S/C17H20N4O6/c1-19(17(11-18)6-4-3-5-7-17)14(22)10-20-9-12(21(25)26)8-13(15(20)23)16(24)27-2/h8-9H,3-7,10H2,1-2H3. The minimum absolute atomic E-state index is 0.516. The summed E-state index contributed by atoms with van der Waals surface area (Å²) in [6, 6.07) is 3.02. The van der Waals surface area contributed by atoms with Crippen LogP contribution >= 0.6 is 0 Å². The molecule has 1 saturated carbocycles. The van der Waals surface area contributed by atoms with E-state index in [2.05, 4.69) is 10.8 Å². The molecule has 0 saturated heterocycles. The number of hydrogen-bond acceptors (Lipinski definition) is 7. The number of aromatic nitrogens is 1. The third kappa shape index (κ3) is 3.97. The first-order valence-electron chi connectivity index (χ1n) is 8.41. The number of rotatable bonds is 5. The van der Waals surface area contributed by atoms with Gasteiger partial charge in [-0.2, -0.15) is 5.26 Å². The van der Waals surface area contributed by atoms with E-state index in [4.69, 9.17) is 0 Å². The second-order valence-electron chi connectivity index (χ2n) is 6.45. The van der Waals surface area contributed by atoms with Crippen LogP contribution < -0.4 is 5.56 Å². The van der Waals surface area contributed by atoms with Gasteiger partial charge in [0.1, 0.15) is 17.6 Å². The lowest BCUT2D eigenvalue weighted by Gasteiger charge is -2.39. The highest BCUT2D eigenvalue weighted by Gasteiger charge is 2.39. The zero-order valence-electron chi connectivity index (χ0n) is 15.1. The van der Waals surface area contributed by atoms with Gasteiger partial charge >= 0.3 is 5.97 Å². The molecule has 1 aliphatic rings. The second kappa shape index (κ2) is 7.99. The van der Waals surface area contributed by atoms with E-state index in [1.54, 1.807) is 0 Å². The molecule has 2 rings (SSSR count). The highest BCUT2D eigenvalue weighted by atomic mass is 16.6. The summed E-state index contributed by atoms with van der Waals surface area (Å²) in [5.41, 5.74) is -2.87. The minimum atomic E-state index is -1.03. The monoisotopic (exact) mass is 376 g/mol. The third-order valence-electron chi connectivity index (χ3n) is 4.90. The van der Waals surface area contributed by atoms with Gasteiger partial charge in [0.15, 0.2) is 0 Å². The van der Waals surface area contributed by atoms with E-state index in [1.807, 2.05) is 0 Å². The summed E-state index contributed by atoms with van der Waals surface area (Å²) in [6.45, 7) is -0.523. The van der Waals surface area contributed by atoms with Crippen LogP contribution in [0.25, 0.3) is 0 Å². The molecule has 1 amide bonds. The van der Waals surface area contributed by atoms with Crippen molar-refractivity contribution in [2.45, 2.75) is 44.2 Å². The Hall–Kier alpha value is -3.22. The molecule has 0 bridgehead atoms. The van der Waals surface area contributed by atoms with Crippen molar-refractivity contribution in [2.24, 2.45) is 0 Å². The Kier molecular flexibility index (Phi) is 5.95. The Balaban J connectivity index is 2.38. The first kappa shape index (κ1) is 20.1. The lowest BCUT2D eigenvalue weighted by atomic mass is 9.81. The zero-order chi connectivity index (χ0) is 20.2. The molecule has 0 spiro atoms. The van der Waals surface area contributed by atoms with Gasteiger partial charge in [0.2, 0.25) is 5.91 Å². The van der Waals surface area contributed by atoms with Crippen LogP contribution in [0.2, 0.25) is 0 Å². The van der Waals surface area contributed by atoms with Gasteiger partial charge in [-0.1, -0.05) is 19.3 Å². The normalized spacial score (nSPS) is 15.4. The smallest absolute Gasteiger partial charge is 0.343 e. The number of pyridine rings is 1. The topological polar surface area (TPSA) is 136 Å². The highest BCUT2D eigenvalue weighted by Crippen LogP contribution is 2.32. The van der Waals surface area contributed by atoms with Crippen LogP contribution in [0, 0.1) is 21.4 Å². The van der Waals surface area contributed by atoms with Gasteiger partial charge in [0.05, 0.1) is 24.3 Å². The molecule has 27 heavy (non-hydrogen) atoms. The lowest BCUT2D eigenvalue weighted by molar-refractivity contribution is -0.385. The van der Waals surface area contributed by atoms with E-state index >= 15 is 0 Å². The predicted molar refractivity (Wildman–Crippen MR) is 92.9 cm³/mol. The van der Waals surface area contributed by atoms with E-state index in [0.717, 1.165) is 43.2 Å². The van der Waals surface area contributed by atoms with Crippen LogP contribution in [-0.2, 0) is 16.1 Å². The average Bonchev–Trinajstić information content (AvgIpc) is 2.68. The van der Waals surface area contributed by atoms with Crippen molar-refractivity contribution < 1.29 is 19.2 Å². The largest absolute Gasteiger partial charge is 0.465 e. The fourth-order valence-corrected chi connectivity index (χ4v) is 3.24. The van der Waals surface area contributed by atoms with Gasteiger partial charge in [-0.25, -0.2) is 4.79 Å². The molecule has 144 valence electrons. The molecule has 10 nitrogen and oxygen atoms in total. The molecule has 0 unspecified atom stereocenters. The zero-order valence-corrected chi connectivity index (χ0v) is 15.1. The Morgan fingerprint density at radius 3 is 2.56 bits per heavy atom. The van der Waals surface area contributed by atoms with Crippen LogP contribution in [0.15, 0.2) is 17.1 Å². The van der Waals surface area contributed by atoms with Gasteiger partial charge < -0.3 is 9.64 Å². The maximum atomic E-state index is 12.7. The van der Waals surface area contributed by atoms with Crippen molar-refractivity contribution in [1.82, 2.24) is 9.47 Å². The summed E-state index contributed by atoms with van der Waals surface area (Å²) < 4.78 is 5.28. The molecule has 1 aromatic heterocycles. The molecule has 10 heteroatoms. The number of esters is 1. The van der Waals surface area contributed by atoms with Crippen molar-refractivity contribution in [1.29, 1.82) is 5.26 Å². The fraction of sp³-hybridized carbons (Fsp3) is 0.529. The molecule has 1 aromatic rings. The summed E-state index contributed by atoms with van der Waals surface area (Å²) >= 11 is 0. The Morgan fingerprint density at radius 2 is 2.04 bits per heavy atom. The molecule has 0 radical (unpaired) electrons. The molecule has 1 fully saturated rings. The summed E-state index contributed by atoms with van der Waals surface area (Å²) in [4.78, 5) is 48.5. The van der Waals surface area contributed by atoms with E-state index in [0.29, 0.717) is 12.8 Å². The Bertz CT molecular complexity index is 863. The van der Waals surface area contributed by atoms with E-state index in [1.165, 1.54) is 11.9 Å². The Morgan fingerprint density at radius 1 is 1.41 bits per heavy atom. The number of ether oxygens (including phenoxy) is 1. The number of amides is 1. The maximum absolute atomic E-state index is 12.7. The third-order valence-corrected chi connectivity index (χ3v) is 4.90. The van der Waals surface area contributed by atoms with Gasteiger partial charge in [-0.05, 0) is 12.8 Å². The second-order valence-corrected chi connectivity index (χ2v) is 6.45. The van der Waals surface area contributed by atoms with Gasteiger partial charge in [-0.15, -0.1) is 0 Å². The molecule has 0 N–H and O–H groups in total. The summed E-state index contributed by atoms with van der Waals surface area (Å²) in [7, 11) is 2.53. The van der Waals surface area contributed by atoms with Crippen LogP contribution in [0.4, 0.5) is 5.69 Å². The highest BCUT2D eigenvalue weighted by molar-refractivity contribution is 5.89. The van der Waals surface area contributed by atoms with Gasteiger partial charge in [-0.3, -0.25) is 24.3 Å². The number of carbonyl (C=O) groups excluding carboxylic acids is 2. The van der Waals surface area contributed by atoms with Crippen LogP contribution in [0.3, 0.4) is 0 Å². The number of hydrogen-bond donors (Lipinski definition) is 0. The van der Waals surface area contributed by atoms with Crippen molar-refractivity contribution in [3.05, 3.63) is 38.3 Å². The van der Waals surface area contributed by atoms with Crippen LogP contribution in [-0.4, -0.2) is 46.0 Å². The van der Waals surface area contributed by atoms with E-state index in [-0.39, 0.29) is 0 Å². The maximum Gasteiger partial charge on any atom is 0.343 e. The summed E-state index contributed by atoms with van der Waals surface area (Å²) in [6.07, 6.45) is 4.58. The quantitative estimate of drug-likeness (QED) is 0.428. The molecule has 0 aromatic carbocycles. The van der Waals surface area contributed by atoms with Crippen molar-refractivity contribution in [3.8, 4) is 6.07 Å². The molecule has 1 heterocycles. The molecular weight excluding hydrogens is 356 g/mol. The SMILES string of the molecule is COC(=O)c1cc([N+](=O)[O-])cn(CC(=O)N(C)C2(C#N)CCCCC2)c1=O. The molecular formula is C17H20N4O6. The average molecular weight is 376 g/mol. The number of nitro groups is 1.